The highest BCUT2D eigenvalue weighted by atomic mass is 32.2. The largest absolute Gasteiger partial charge is 0.323 e. The minimum absolute atomic E-state index is 0.278. The average Bonchev–Trinajstić information content (AvgIpc) is 2.41. The van der Waals surface area contributed by atoms with Crippen molar-refractivity contribution in [2.45, 2.75) is 48.3 Å². The number of nitrogens with two attached hydrogens (primary N) is 1. The Balaban J connectivity index is 2.11. The van der Waals surface area contributed by atoms with E-state index in [1.165, 1.54) is 0 Å². The summed E-state index contributed by atoms with van der Waals surface area (Å²) in [4.78, 5) is 12.7. The smallest absolute Gasteiger partial charge is 0.288 e. The summed E-state index contributed by atoms with van der Waals surface area (Å²) in [5, 5.41) is 2.71. The number of carbonyl (C=O) groups is 1. The summed E-state index contributed by atoms with van der Waals surface area (Å²) in [5.74, 6) is -2.80. The highest BCUT2D eigenvalue weighted by Gasteiger charge is 2.35. The van der Waals surface area contributed by atoms with Gasteiger partial charge in [-0.05, 0) is 25.0 Å². The van der Waals surface area contributed by atoms with Crippen LogP contribution in [0.25, 0.3) is 0 Å². The zero-order chi connectivity index (χ0) is 14.6. The topological polar surface area (TPSA) is 55.1 Å². The first-order valence-electron chi connectivity index (χ1n) is 6.65. The number of alkyl halides is 2. The van der Waals surface area contributed by atoms with Gasteiger partial charge in [0.2, 0.25) is 5.91 Å². The SMILES string of the molecule is NC1(C(=O)Nc2ccccc2SC(F)F)CCCCC1. The molecule has 0 saturated heterocycles. The van der Waals surface area contributed by atoms with Gasteiger partial charge in [0.1, 0.15) is 0 Å². The molecule has 0 bridgehead atoms. The van der Waals surface area contributed by atoms with Gasteiger partial charge in [-0.25, -0.2) is 0 Å². The third-order valence-corrected chi connectivity index (χ3v) is 4.34. The Labute approximate surface area is 121 Å². The lowest BCUT2D eigenvalue weighted by atomic mass is 9.82. The van der Waals surface area contributed by atoms with Crippen LogP contribution in [0.5, 0.6) is 0 Å². The maximum atomic E-state index is 12.5. The fourth-order valence-corrected chi connectivity index (χ4v) is 3.02. The fraction of sp³-hybridized carbons (Fsp3) is 0.500. The zero-order valence-electron chi connectivity index (χ0n) is 11.1. The van der Waals surface area contributed by atoms with Gasteiger partial charge >= 0.3 is 0 Å². The molecule has 0 radical (unpaired) electrons. The van der Waals surface area contributed by atoms with E-state index in [0.29, 0.717) is 35.2 Å². The summed E-state index contributed by atoms with van der Waals surface area (Å²) >= 11 is 0.424. The van der Waals surface area contributed by atoms with Crippen LogP contribution in [0.3, 0.4) is 0 Å². The molecule has 0 unspecified atom stereocenters. The minimum Gasteiger partial charge on any atom is -0.323 e. The van der Waals surface area contributed by atoms with Crippen LogP contribution < -0.4 is 11.1 Å². The summed E-state index contributed by atoms with van der Waals surface area (Å²) < 4.78 is 25.0. The van der Waals surface area contributed by atoms with Crippen LogP contribution in [-0.2, 0) is 4.79 Å². The third-order valence-electron chi connectivity index (χ3n) is 3.55. The van der Waals surface area contributed by atoms with Crippen molar-refractivity contribution in [2.75, 3.05) is 5.32 Å². The van der Waals surface area contributed by atoms with Gasteiger partial charge in [0.05, 0.1) is 11.2 Å². The summed E-state index contributed by atoms with van der Waals surface area (Å²) in [6.07, 6.45) is 4.23. The van der Waals surface area contributed by atoms with Gasteiger partial charge in [0.25, 0.3) is 5.76 Å². The van der Waals surface area contributed by atoms with Crippen molar-refractivity contribution in [3.63, 3.8) is 0 Å². The first-order valence-corrected chi connectivity index (χ1v) is 7.53. The van der Waals surface area contributed by atoms with Crippen LogP contribution in [0, 0.1) is 0 Å². The Morgan fingerprint density at radius 3 is 2.55 bits per heavy atom. The van der Waals surface area contributed by atoms with E-state index in [1.54, 1.807) is 24.3 Å². The predicted octanol–water partition coefficient (Wildman–Crippen LogP) is 3.60. The number of halogens is 2. The standard InChI is InChI=1S/C14H18F2N2OS/c15-13(16)20-11-7-3-2-6-10(11)18-12(19)14(17)8-4-1-5-9-14/h2-3,6-7,13H,1,4-5,8-9,17H2,(H,18,19). The maximum absolute atomic E-state index is 12.5. The molecule has 1 saturated carbocycles. The molecule has 1 fully saturated rings. The molecular weight excluding hydrogens is 282 g/mol. The van der Waals surface area contributed by atoms with Gasteiger partial charge in [-0.3, -0.25) is 4.79 Å². The molecule has 20 heavy (non-hydrogen) atoms. The van der Waals surface area contributed by atoms with Crippen molar-refractivity contribution < 1.29 is 13.6 Å². The number of hydrogen-bond donors (Lipinski definition) is 2. The van der Waals surface area contributed by atoms with E-state index in [9.17, 15) is 13.6 Å². The minimum atomic E-state index is -2.52. The van der Waals surface area contributed by atoms with Crippen LogP contribution in [0.4, 0.5) is 14.5 Å². The second-order valence-corrected chi connectivity index (χ2v) is 6.08. The van der Waals surface area contributed by atoms with Crippen molar-refractivity contribution in [1.29, 1.82) is 0 Å². The van der Waals surface area contributed by atoms with Crippen molar-refractivity contribution in [2.24, 2.45) is 5.73 Å². The first-order chi connectivity index (χ1) is 9.51. The molecule has 0 aliphatic heterocycles. The highest BCUT2D eigenvalue weighted by Crippen LogP contribution is 2.33. The van der Waals surface area contributed by atoms with E-state index in [0.717, 1.165) is 19.3 Å². The van der Waals surface area contributed by atoms with Gasteiger partial charge in [-0.15, -0.1) is 0 Å². The molecule has 0 atom stereocenters. The Bertz CT molecular complexity index is 476. The second-order valence-electron chi connectivity index (χ2n) is 5.05. The number of nitrogens with one attached hydrogen (secondary N) is 1. The molecule has 2 rings (SSSR count). The molecule has 3 N–H and O–H groups in total. The molecule has 1 aliphatic carbocycles. The molecule has 1 amide bonds. The lowest BCUT2D eigenvalue weighted by Gasteiger charge is -2.32. The second kappa shape index (κ2) is 6.54. The van der Waals surface area contributed by atoms with Gasteiger partial charge in [0.15, 0.2) is 0 Å². The van der Waals surface area contributed by atoms with E-state index < -0.39 is 11.3 Å². The number of thioether (sulfide) groups is 1. The molecule has 0 spiro atoms. The monoisotopic (exact) mass is 300 g/mol. The van der Waals surface area contributed by atoms with Crippen LogP contribution in [0.15, 0.2) is 29.2 Å². The number of amides is 1. The Kier molecular flexibility index (Phi) is 4.99. The molecule has 0 heterocycles. The molecule has 1 aromatic rings. The molecule has 1 aliphatic rings. The van der Waals surface area contributed by atoms with Crippen LogP contribution in [0.2, 0.25) is 0 Å². The van der Waals surface area contributed by atoms with Gasteiger partial charge in [-0.2, -0.15) is 8.78 Å². The number of para-hydroxylation sites is 1. The third kappa shape index (κ3) is 3.70. The predicted molar refractivity (Wildman–Crippen MR) is 76.9 cm³/mol. The summed E-state index contributed by atoms with van der Waals surface area (Å²) in [6, 6.07) is 6.56. The normalized spacial score (nSPS) is 18.0. The van der Waals surface area contributed by atoms with E-state index >= 15 is 0 Å². The van der Waals surface area contributed by atoms with E-state index in [4.69, 9.17) is 5.73 Å². The highest BCUT2D eigenvalue weighted by molar-refractivity contribution is 7.99. The zero-order valence-corrected chi connectivity index (χ0v) is 11.9. The lowest BCUT2D eigenvalue weighted by molar-refractivity contribution is -0.122. The summed E-state index contributed by atoms with van der Waals surface area (Å²) in [6.45, 7) is 0. The molecule has 0 aromatic heterocycles. The lowest BCUT2D eigenvalue weighted by Crippen LogP contribution is -2.52. The van der Waals surface area contributed by atoms with E-state index in [-0.39, 0.29) is 5.91 Å². The van der Waals surface area contributed by atoms with E-state index in [1.807, 2.05) is 0 Å². The number of benzene rings is 1. The van der Waals surface area contributed by atoms with E-state index in [2.05, 4.69) is 5.32 Å². The fourth-order valence-electron chi connectivity index (χ4n) is 2.43. The first kappa shape index (κ1) is 15.3. The Morgan fingerprint density at radius 2 is 1.90 bits per heavy atom. The van der Waals surface area contributed by atoms with Gasteiger partial charge in [-0.1, -0.05) is 43.2 Å². The van der Waals surface area contributed by atoms with Crippen molar-refractivity contribution in [3.05, 3.63) is 24.3 Å². The van der Waals surface area contributed by atoms with Crippen molar-refractivity contribution in [3.8, 4) is 0 Å². The summed E-state index contributed by atoms with van der Waals surface area (Å²) in [5.41, 5.74) is 5.66. The van der Waals surface area contributed by atoms with Crippen LogP contribution in [0.1, 0.15) is 32.1 Å². The molecule has 110 valence electrons. The van der Waals surface area contributed by atoms with Crippen LogP contribution >= 0.6 is 11.8 Å². The summed E-state index contributed by atoms with van der Waals surface area (Å²) in [7, 11) is 0. The van der Waals surface area contributed by atoms with Crippen molar-refractivity contribution >= 4 is 23.4 Å². The number of hydrogen-bond acceptors (Lipinski definition) is 3. The molecule has 6 heteroatoms. The Morgan fingerprint density at radius 1 is 1.25 bits per heavy atom. The van der Waals surface area contributed by atoms with Gasteiger partial charge < -0.3 is 11.1 Å². The molecule has 1 aromatic carbocycles. The number of carbonyl (C=O) groups excluding carboxylic acids is 1. The average molecular weight is 300 g/mol. The number of rotatable bonds is 4. The molecular formula is C14H18F2N2OS. The van der Waals surface area contributed by atoms with Gasteiger partial charge in [0, 0.05) is 4.90 Å². The molecule has 3 nitrogen and oxygen atoms in total. The quantitative estimate of drug-likeness (QED) is 0.835. The Hall–Kier alpha value is -1.14. The van der Waals surface area contributed by atoms with Crippen molar-refractivity contribution in [1.82, 2.24) is 0 Å². The number of anilines is 1. The van der Waals surface area contributed by atoms with Crippen LogP contribution in [-0.4, -0.2) is 17.2 Å². The maximum Gasteiger partial charge on any atom is 0.288 e.